The number of rotatable bonds is 5. The maximum absolute atomic E-state index is 12.5. The van der Waals surface area contributed by atoms with Crippen LogP contribution < -0.4 is 10.6 Å². The Morgan fingerprint density at radius 2 is 2.00 bits per heavy atom. The molecule has 0 saturated heterocycles. The van der Waals surface area contributed by atoms with Gasteiger partial charge in [-0.25, -0.2) is 0 Å². The molecule has 0 radical (unpaired) electrons. The minimum atomic E-state index is -4.24. The van der Waals surface area contributed by atoms with Gasteiger partial charge in [0.15, 0.2) is 0 Å². The molecule has 1 aromatic carbocycles. The molecule has 1 rings (SSSR count). The van der Waals surface area contributed by atoms with Gasteiger partial charge >= 0.3 is 6.18 Å². The summed E-state index contributed by atoms with van der Waals surface area (Å²) in [7, 11) is 0. The zero-order valence-corrected chi connectivity index (χ0v) is 10.9. The molecule has 102 valence electrons. The van der Waals surface area contributed by atoms with E-state index < -0.39 is 12.7 Å². The average Bonchev–Trinajstić information content (AvgIpc) is 2.26. The lowest BCUT2D eigenvalue weighted by atomic mass is 10.1. The Morgan fingerprint density at radius 3 is 2.50 bits per heavy atom. The number of nitrogens with two attached hydrogens (primary N) is 1. The van der Waals surface area contributed by atoms with Gasteiger partial charge in [0.05, 0.1) is 0 Å². The predicted molar refractivity (Wildman–Crippen MR) is 67.9 cm³/mol. The Bertz CT molecular complexity index is 393. The van der Waals surface area contributed by atoms with Gasteiger partial charge in [-0.1, -0.05) is 18.5 Å². The van der Waals surface area contributed by atoms with Gasteiger partial charge in [0.25, 0.3) is 0 Å². The fourth-order valence-electron chi connectivity index (χ4n) is 1.80. The van der Waals surface area contributed by atoms with Crippen LogP contribution >= 0.6 is 11.6 Å². The Balaban J connectivity index is 3.04. The molecule has 0 spiro atoms. The molecule has 6 heteroatoms. The minimum absolute atomic E-state index is 0.161. The molecule has 0 amide bonds. The smallest absolute Gasteiger partial charge is 0.362 e. The summed E-state index contributed by atoms with van der Waals surface area (Å²) in [6.45, 7) is 1.35. The van der Waals surface area contributed by atoms with Gasteiger partial charge in [0.2, 0.25) is 0 Å². The average molecular weight is 281 g/mol. The fraction of sp³-hybridized carbons (Fsp3) is 0.500. The van der Waals surface area contributed by atoms with Crippen molar-refractivity contribution in [3.8, 4) is 0 Å². The largest absolute Gasteiger partial charge is 0.405 e. The van der Waals surface area contributed by atoms with Gasteiger partial charge in [-0.15, -0.1) is 0 Å². The summed E-state index contributed by atoms with van der Waals surface area (Å²) in [5, 5.41) is 0.475. The van der Waals surface area contributed by atoms with Crippen LogP contribution in [0.4, 0.5) is 18.9 Å². The van der Waals surface area contributed by atoms with Crippen molar-refractivity contribution in [1.82, 2.24) is 0 Å². The summed E-state index contributed by atoms with van der Waals surface area (Å²) in [6, 6.07) is 4.77. The molecular weight excluding hydrogens is 265 g/mol. The number of hydrogen-bond donors (Lipinski definition) is 1. The van der Waals surface area contributed by atoms with E-state index in [9.17, 15) is 13.2 Å². The van der Waals surface area contributed by atoms with Gasteiger partial charge in [-0.3, -0.25) is 0 Å². The van der Waals surface area contributed by atoms with Crippen LogP contribution in [0.2, 0.25) is 5.02 Å². The van der Waals surface area contributed by atoms with Gasteiger partial charge in [-0.2, -0.15) is 13.2 Å². The number of anilines is 1. The Kier molecular flexibility index (Phi) is 5.28. The molecule has 0 aliphatic rings. The first-order valence-corrected chi connectivity index (χ1v) is 6.05. The summed E-state index contributed by atoms with van der Waals surface area (Å²) in [4.78, 5) is 1.29. The van der Waals surface area contributed by atoms with Crippen molar-refractivity contribution < 1.29 is 13.2 Å². The lowest BCUT2D eigenvalue weighted by Gasteiger charge is -2.27. The highest BCUT2D eigenvalue weighted by Crippen LogP contribution is 2.27. The third-order valence-corrected chi connectivity index (χ3v) is 2.70. The Hall–Kier alpha value is -0.940. The molecule has 0 aliphatic heterocycles. The van der Waals surface area contributed by atoms with E-state index in [1.807, 2.05) is 6.92 Å². The van der Waals surface area contributed by atoms with E-state index in [0.29, 0.717) is 29.2 Å². The van der Waals surface area contributed by atoms with Crippen LogP contribution in [-0.2, 0) is 6.54 Å². The summed E-state index contributed by atoms with van der Waals surface area (Å²) < 4.78 is 37.6. The number of alkyl halides is 3. The van der Waals surface area contributed by atoms with Crippen LogP contribution in [0.3, 0.4) is 0 Å². The lowest BCUT2D eigenvalue weighted by molar-refractivity contribution is -0.119. The minimum Gasteiger partial charge on any atom is -0.362 e. The van der Waals surface area contributed by atoms with E-state index in [-0.39, 0.29) is 6.54 Å². The van der Waals surface area contributed by atoms with E-state index >= 15 is 0 Å². The van der Waals surface area contributed by atoms with Crippen LogP contribution in [0.1, 0.15) is 18.9 Å². The zero-order chi connectivity index (χ0) is 13.8. The molecule has 2 N–H and O–H groups in total. The molecule has 0 fully saturated rings. The third kappa shape index (κ3) is 4.38. The van der Waals surface area contributed by atoms with Crippen LogP contribution in [0.25, 0.3) is 0 Å². The zero-order valence-electron chi connectivity index (χ0n) is 10.1. The third-order valence-electron chi connectivity index (χ3n) is 2.47. The first kappa shape index (κ1) is 15.1. The van der Waals surface area contributed by atoms with Crippen molar-refractivity contribution >= 4 is 17.3 Å². The standard InChI is InChI=1S/C12H16ClF3N2/c1-2-5-18(8-12(14,15)16)11-4-3-10(13)6-9(11)7-17/h3-4,6H,2,5,7-8,17H2,1H3. The quantitative estimate of drug-likeness (QED) is 0.893. The second-order valence-electron chi connectivity index (χ2n) is 4.01. The maximum atomic E-state index is 12.5. The van der Waals surface area contributed by atoms with Crippen molar-refractivity contribution in [2.45, 2.75) is 26.1 Å². The Labute approximate surface area is 110 Å². The van der Waals surface area contributed by atoms with Crippen molar-refractivity contribution in [3.05, 3.63) is 28.8 Å². The first-order valence-electron chi connectivity index (χ1n) is 5.67. The fourth-order valence-corrected chi connectivity index (χ4v) is 1.99. The molecule has 0 heterocycles. The van der Waals surface area contributed by atoms with Crippen molar-refractivity contribution in [1.29, 1.82) is 0 Å². The van der Waals surface area contributed by atoms with Crippen molar-refractivity contribution in [2.75, 3.05) is 18.0 Å². The maximum Gasteiger partial charge on any atom is 0.405 e. The number of hydrogen-bond acceptors (Lipinski definition) is 2. The predicted octanol–water partition coefficient (Wildman–Crippen LogP) is 3.58. The lowest BCUT2D eigenvalue weighted by Crippen LogP contribution is -2.35. The van der Waals surface area contributed by atoms with Gasteiger partial charge in [0.1, 0.15) is 6.54 Å². The Morgan fingerprint density at radius 1 is 1.33 bits per heavy atom. The van der Waals surface area contributed by atoms with Crippen molar-refractivity contribution in [3.63, 3.8) is 0 Å². The highest BCUT2D eigenvalue weighted by atomic mass is 35.5. The SMILES string of the molecule is CCCN(CC(F)(F)F)c1ccc(Cl)cc1CN. The second-order valence-corrected chi connectivity index (χ2v) is 4.45. The topological polar surface area (TPSA) is 29.3 Å². The molecule has 1 aromatic rings. The molecule has 0 atom stereocenters. The molecule has 0 aromatic heterocycles. The van der Waals surface area contributed by atoms with Crippen molar-refractivity contribution in [2.24, 2.45) is 5.73 Å². The van der Waals surface area contributed by atoms with Gasteiger partial charge in [-0.05, 0) is 30.2 Å². The van der Waals surface area contributed by atoms with E-state index in [4.69, 9.17) is 17.3 Å². The van der Waals surface area contributed by atoms with Crippen LogP contribution in [-0.4, -0.2) is 19.3 Å². The van der Waals surface area contributed by atoms with Crippen LogP contribution in [0.5, 0.6) is 0 Å². The monoisotopic (exact) mass is 280 g/mol. The highest BCUT2D eigenvalue weighted by Gasteiger charge is 2.31. The van der Waals surface area contributed by atoms with Gasteiger partial charge in [0, 0.05) is 23.8 Å². The summed E-state index contributed by atoms with van der Waals surface area (Å²) in [5.74, 6) is 0. The molecular formula is C12H16ClF3N2. The highest BCUT2D eigenvalue weighted by molar-refractivity contribution is 6.30. The molecule has 18 heavy (non-hydrogen) atoms. The van der Waals surface area contributed by atoms with Crippen LogP contribution in [0, 0.1) is 0 Å². The van der Waals surface area contributed by atoms with E-state index in [1.165, 1.54) is 4.90 Å². The number of halogens is 4. The molecule has 0 saturated carbocycles. The summed E-state index contributed by atoms with van der Waals surface area (Å²) in [6.07, 6.45) is -3.61. The molecule has 0 unspecified atom stereocenters. The summed E-state index contributed by atoms with van der Waals surface area (Å²) >= 11 is 5.81. The summed E-state index contributed by atoms with van der Waals surface area (Å²) in [5.41, 5.74) is 6.68. The second kappa shape index (κ2) is 6.29. The molecule has 0 aliphatic carbocycles. The first-order chi connectivity index (χ1) is 8.37. The van der Waals surface area contributed by atoms with E-state index in [2.05, 4.69) is 0 Å². The number of benzene rings is 1. The van der Waals surface area contributed by atoms with Gasteiger partial charge < -0.3 is 10.6 Å². The van der Waals surface area contributed by atoms with E-state index in [0.717, 1.165) is 0 Å². The molecule has 2 nitrogen and oxygen atoms in total. The van der Waals surface area contributed by atoms with Crippen LogP contribution in [0.15, 0.2) is 18.2 Å². The molecule has 0 bridgehead atoms. The number of nitrogens with zero attached hydrogens (tertiary/aromatic N) is 1. The van der Waals surface area contributed by atoms with E-state index in [1.54, 1.807) is 18.2 Å². The normalized spacial score (nSPS) is 11.7.